The Morgan fingerprint density at radius 3 is 2.26 bits per heavy atom. The minimum Gasteiger partial charge on any atom is -0.484 e. The molecule has 0 radical (unpaired) electrons. The molecule has 0 aliphatic carbocycles. The number of halogens is 1. The van der Waals surface area contributed by atoms with Crippen LogP contribution in [0.1, 0.15) is 30.9 Å². The van der Waals surface area contributed by atoms with Gasteiger partial charge >= 0.3 is 0 Å². The summed E-state index contributed by atoms with van der Waals surface area (Å²) in [7, 11) is 0. The van der Waals surface area contributed by atoms with Crippen molar-refractivity contribution in [2.75, 3.05) is 13.2 Å². The van der Waals surface area contributed by atoms with Crippen LogP contribution in [0, 0.1) is 0 Å². The fourth-order valence-corrected chi connectivity index (χ4v) is 3.81. The van der Waals surface area contributed by atoms with Gasteiger partial charge < -0.3 is 15.0 Å². The summed E-state index contributed by atoms with van der Waals surface area (Å²) >= 11 is 6.04. The number of nitrogens with one attached hydrogen (secondary N) is 1. The van der Waals surface area contributed by atoms with Gasteiger partial charge in [-0.15, -0.1) is 0 Å². The maximum Gasteiger partial charge on any atom is 0.261 e. The van der Waals surface area contributed by atoms with Gasteiger partial charge in [-0.25, -0.2) is 0 Å². The molecule has 5 nitrogen and oxygen atoms in total. The molecular weight excluding hydrogens is 448 g/mol. The highest BCUT2D eigenvalue weighted by Crippen LogP contribution is 2.19. The molecule has 0 saturated carbocycles. The van der Waals surface area contributed by atoms with Gasteiger partial charge in [0.15, 0.2) is 6.61 Å². The van der Waals surface area contributed by atoms with Crippen LogP contribution in [-0.4, -0.2) is 35.9 Å². The van der Waals surface area contributed by atoms with E-state index in [2.05, 4.69) is 12.2 Å². The van der Waals surface area contributed by atoms with Gasteiger partial charge in [-0.1, -0.05) is 91.7 Å². The van der Waals surface area contributed by atoms with E-state index in [4.69, 9.17) is 16.3 Å². The molecule has 2 amide bonds. The second-order valence-electron chi connectivity index (χ2n) is 8.10. The van der Waals surface area contributed by atoms with Crippen molar-refractivity contribution in [3.8, 4) is 5.75 Å². The number of nitrogens with zero attached hydrogens (tertiary/aromatic N) is 1. The zero-order valence-electron chi connectivity index (χ0n) is 19.5. The van der Waals surface area contributed by atoms with Crippen molar-refractivity contribution in [1.29, 1.82) is 0 Å². The van der Waals surface area contributed by atoms with Crippen LogP contribution < -0.4 is 10.1 Å². The van der Waals surface area contributed by atoms with Crippen molar-refractivity contribution >= 4 is 23.4 Å². The van der Waals surface area contributed by atoms with Crippen LogP contribution in [0.25, 0.3) is 0 Å². The Morgan fingerprint density at radius 2 is 1.62 bits per heavy atom. The highest BCUT2D eigenvalue weighted by molar-refractivity contribution is 6.30. The highest BCUT2D eigenvalue weighted by atomic mass is 35.5. The molecule has 0 spiro atoms. The average Bonchev–Trinajstić information content (AvgIpc) is 2.86. The van der Waals surface area contributed by atoms with Crippen LogP contribution in [0.3, 0.4) is 0 Å². The molecule has 1 unspecified atom stereocenters. The molecule has 6 heteroatoms. The van der Waals surface area contributed by atoms with Gasteiger partial charge in [-0.2, -0.15) is 0 Å². The van der Waals surface area contributed by atoms with E-state index < -0.39 is 6.04 Å². The van der Waals surface area contributed by atoms with Crippen LogP contribution in [0.4, 0.5) is 0 Å². The Labute approximate surface area is 206 Å². The van der Waals surface area contributed by atoms with Gasteiger partial charge in [0.05, 0.1) is 0 Å². The molecule has 3 rings (SSSR count). The van der Waals surface area contributed by atoms with E-state index in [9.17, 15) is 9.59 Å². The summed E-state index contributed by atoms with van der Waals surface area (Å²) in [6, 6.07) is 25.7. The normalized spacial score (nSPS) is 11.5. The van der Waals surface area contributed by atoms with Crippen molar-refractivity contribution in [2.45, 2.75) is 38.8 Å². The molecule has 3 aromatic carbocycles. The fraction of sp³-hybridized carbons (Fsp3) is 0.286. The van der Waals surface area contributed by atoms with E-state index in [1.807, 2.05) is 60.7 Å². The number of carbonyl (C=O) groups is 2. The summed E-state index contributed by atoms with van der Waals surface area (Å²) in [5.74, 6) is 0.0762. The van der Waals surface area contributed by atoms with Crippen molar-refractivity contribution in [1.82, 2.24) is 10.2 Å². The molecule has 34 heavy (non-hydrogen) atoms. The number of amides is 2. The summed E-state index contributed by atoms with van der Waals surface area (Å²) < 4.78 is 5.74. The first-order valence-corrected chi connectivity index (χ1v) is 12.0. The monoisotopic (exact) mass is 478 g/mol. The number of hydrogen-bond acceptors (Lipinski definition) is 3. The zero-order chi connectivity index (χ0) is 24.2. The third-order valence-electron chi connectivity index (χ3n) is 5.45. The summed E-state index contributed by atoms with van der Waals surface area (Å²) in [4.78, 5) is 28.4. The smallest absolute Gasteiger partial charge is 0.261 e. The van der Waals surface area contributed by atoms with Gasteiger partial charge in [-0.05, 0) is 35.7 Å². The molecule has 0 aromatic heterocycles. The van der Waals surface area contributed by atoms with E-state index in [0.717, 1.165) is 24.0 Å². The Bertz CT molecular complexity index is 1040. The topological polar surface area (TPSA) is 58.6 Å². The van der Waals surface area contributed by atoms with E-state index in [1.54, 1.807) is 29.2 Å². The lowest BCUT2D eigenvalue weighted by molar-refractivity contribution is -0.142. The first kappa shape index (κ1) is 25.3. The van der Waals surface area contributed by atoms with Crippen LogP contribution in [0.2, 0.25) is 5.02 Å². The van der Waals surface area contributed by atoms with Crippen molar-refractivity contribution < 1.29 is 14.3 Å². The van der Waals surface area contributed by atoms with Crippen LogP contribution in [0.15, 0.2) is 84.9 Å². The number of unbranched alkanes of at least 4 members (excludes halogenated alkanes) is 1. The quantitative estimate of drug-likeness (QED) is 0.360. The maximum atomic E-state index is 13.5. The van der Waals surface area contributed by atoms with Crippen molar-refractivity contribution in [3.05, 3.63) is 101 Å². The molecule has 3 aromatic rings. The maximum absolute atomic E-state index is 13.5. The molecule has 0 heterocycles. The Hall–Kier alpha value is -3.31. The second kappa shape index (κ2) is 13.4. The second-order valence-corrected chi connectivity index (χ2v) is 8.54. The number of rotatable bonds is 12. The highest BCUT2D eigenvalue weighted by Gasteiger charge is 2.30. The van der Waals surface area contributed by atoms with Gasteiger partial charge in [0.25, 0.3) is 5.91 Å². The van der Waals surface area contributed by atoms with Crippen LogP contribution in [0.5, 0.6) is 5.75 Å². The zero-order valence-corrected chi connectivity index (χ0v) is 20.2. The molecule has 0 bridgehead atoms. The Balaban J connectivity index is 1.85. The summed E-state index contributed by atoms with van der Waals surface area (Å²) in [6.07, 6.45) is 2.27. The predicted octanol–water partition coefficient (Wildman–Crippen LogP) is 5.28. The number of ether oxygens (including phenoxy) is 1. The van der Waals surface area contributed by atoms with E-state index in [-0.39, 0.29) is 18.4 Å². The third-order valence-corrected chi connectivity index (χ3v) is 5.69. The Morgan fingerprint density at radius 1 is 0.941 bits per heavy atom. The standard InChI is InChI=1S/C28H31ClN2O3/c1-2-3-17-30-28(33)26(18-22-11-6-4-7-12-22)31(20-23-13-8-5-9-14-23)27(32)21-34-25-16-10-15-24(29)19-25/h4-16,19,26H,2-3,17-18,20-21H2,1H3,(H,30,33). The molecule has 1 N–H and O–H groups in total. The molecule has 1 atom stereocenters. The number of hydrogen-bond donors (Lipinski definition) is 1. The molecule has 0 fully saturated rings. The van der Waals surface area contributed by atoms with Gasteiger partial charge in [-0.3, -0.25) is 9.59 Å². The molecule has 0 aliphatic rings. The molecule has 0 saturated heterocycles. The molecule has 0 aliphatic heterocycles. The van der Waals surface area contributed by atoms with Crippen molar-refractivity contribution in [2.24, 2.45) is 0 Å². The third kappa shape index (κ3) is 7.92. The first-order chi connectivity index (χ1) is 16.6. The fourth-order valence-electron chi connectivity index (χ4n) is 3.63. The lowest BCUT2D eigenvalue weighted by Gasteiger charge is -2.31. The lowest BCUT2D eigenvalue weighted by atomic mass is 10.0. The largest absolute Gasteiger partial charge is 0.484 e. The van der Waals surface area contributed by atoms with E-state index in [1.165, 1.54) is 0 Å². The summed E-state index contributed by atoms with van der Waals surface area (Å²) in [6.45, 7) is 2.76. The van der Waals surface area contributed by atoms with E-state index in [0.29, 0.717) is 30.3 Å². The van der Waals surface area contributed by atoms with Gasteiger partial charge in [0, 0.05) is 24.5 Å². The average molecular weight is 479 g/mol. The molecule has 178 valence electrons. The number of carbonyl (C=O) groups excluding carboxylic acids is 2. The Kier molecular flexibility index (Phi) is 9.98. The van der Waals surface area contributed by atoms with Gasteiger partial charge in [0.1, 0.15) is 11.8 Å². The van der Waals surface area contributed by atoms with E-state index >= 15 is 0 Å². The minimum absolute atomic E-state index is 0.163. The van der Waals surface area contributed by atoms with Crippen molar-refractivity contribution in [3.63, 3.8) is 0 Å². The van der Waals surface area contributed by atoms with Crippen LogP contribution >= 0.6 is 11.6 Å². The first-order valence-electron chi connectivity index (χ1n) is 11.6. The lowest BCUT2D eigenvalue weighted by Crippen LogP contribution is -2.51. The minimum atomic E-state index is -0.671. The summed E-state index contributed by atoms with van der Waals surface area (Å²) in [5.41, 5.74) is 1.93. The summed E-state index contributed by atoms with van der Waals surface area (Å²) in [5, 5.41) is 3.55. The number of benzene rings is 3. The molecular formula is C28H31ClN2O3. The predicted molar refractivity (Wildman–Crippen MR) is 136 cm³/mol. The van der Waals surface area contributed by atoms with Crippen LogP contribution in [-0.2, 0) is 22.6 Å². The van der Waals surface area contributed by atoms with Gasteiger partial charge in [0.2, 0.25) is 5.91 Å². The SMILES string of the molecule is CCCCNC(=O)C(Cc1ccccc1)N(Cc1ccccc1)C(=O)COc1cccc(Cl)c1.